The number of imidazole rings is 1. The number of aryl methyl sites for hydroxylation is 1. The SMILES string of the molecule is CN(C)c1ncc(CN2CC(c3cnn(C)c3)C3(CCOCC3)C2)n1C. The van der Waals surface area contributed by atoms with Gasteiger partial charge in [-0.15, -0.1) is 0 Å². The Hall–Kier alpha value is -1.86. The van der Waals surface area contributed by atoms with Crippen LogP contribution >= 0.6 is 0 Å². The van der Waals surface area contributed by atoms with Crippen LogP contribution in [0, 0.1) is 5.41 Å². The normalized spacial score (nSPS) is 23.0. The van der Waals surface area contributed by atoms with Gasteiger partial charge < -0.3 is 14.2 Å². The molecule has 0 amide bonds. The van der Waals surface area contributed by atoms with E-state index in [0.717, 1.165) is 51.6 Å². The summed E-state index contributed by atoms with van der Waals surface area (Å²) < 4.78 is 9.82. The van der Waals surface area contributed by atoms with E-state index < -0.39 is 0 Å². The van der Waals surface area contributed by atoms with Crippen LogP contribution in [-0.2, 0) is 25.4 Å². The summed E-state index contributed by atoms with van der Waals surface area (Å²) in [5.41, 5.74) is 2.95. The second-order valence-corrected chi connectivity index (χ2v) is 8.15. The third-order valence-corrected chi connectivity index (χ3v) is 6.18. The van der Waals surface area contributed by atoms with E-state index in [-0.39, 0.29) is 0 Å². The predicted octanol–water partition coefficient (Wildman–Crippen LogP) is 1.62. The molecule has 2 aliphatic rings. The second kappa shape index (κ2) is 6.70. The average molecular weight is 358 g/mol. The number of hydrogen-bond donors (Lipinski definition) is 0. The number of aromatic nitrogens is 4. The van der Waals surface area contributed by atoms with E-state index in [9.17, 15) is 0 Å². The summed E-state index contributed by atoms with van der Waals surface area (Å²) in [6.45, 7) is 4.89. The van der Waals surface area contributed by atoms with E-state index in [1.54, 1.807) is 0 Å². The van der Waals surface area contributed by atoms with Crippen LogP contribution in [0.25, 0.3) is 0 Å². The maximum Gasteiger partial charge on any atom is 0.204 e. The molecule has 2 aliphatic heterocycles. The molecule has 1 spiro atoms. The first kappa shape index (κ1) is 17.5. The topological polar surface area (TPSA) is 51.4 Å². The Labute approximate surface area is 155 Å². The van der Waals surface area contributed by atoms with Crippen molar-refractivity contribution >= 4 is 5.95 Å². The highest BCUT2D eigenvalue weighted by Crippen LogP contribution is 2.49. The number of likely N-dealkylation sites (tertiary alicyclic amines) is 1. The molecule has 1 unspecified atom stereocenters. The molecule has 0 aromatic carbocycles. The lowest BCUT2D eigenvalue weighted by atomic mass is 9.70. The van der Waals surface area contributed by atoms with Crippen LogP contribution in [0.5, 0.6) is 0 Å². The van der Waals surface area contributed by atoms with Crippen molar-refractivity contribution in [1.82, 2.24) is 24.2 Å². The lowest BCUT2D eigenvalue weighted by molar-refractivity contribution is 0.0118. The van der Waals surface area contributed by atoms with Gasteiger partial charge in [0.1, 0.15) is 0 Å². The molecule has 0 aliphatic carbocycles. The summed E-state index contributed by atoms with van der Waals surface area (Å²) in [5.74, 6) is 1.53. The zero-order valence-electron chi connectivity index (χ0n) is 16.4. The van der Waals surface area contributed by atoms with Gasteiger partial charge in [-0.3, -0.25) is 9.58 Å². The average Bonchev–Trinajstić information content (AvgIpc) is 3.28. The van der Waals surface area contributed by atoms with Gasteiger partial charge >= 0.3 is 0 Å². The molecule has 2 aromatic rings. The Morgan fingerprint density at radius 2 is 2.00 bits per heavy atom. The van der Waals surface area contributed by atoms with E-state index in [2.05, 4.69) is 43.9 Å². The standard InChI is InChI=1S/C19H30N6O/c1-22(2)18-20-10-16(24(18)4)12-25-13-17(15-9-21-23(3)11-15)19(14-25)5-7-26-8-6-19/h9-11,17H,5-8,12-14H2,1-4H3. The first-order chi connectivity index (χ1) is 12.5. The summed E-state index contributed by atoms with van der Waals surface area (Å²) in [6, 6.07) is 0. The van der Waals surface area contributed by atoms with Crippen LogP contribution in [0.2, 0.25) is 0 Å². The summed E-state index contributed by atoms with van der Waals surface area (Å²) in [6.07, 6.45) is 8.54. The first-order valence-electron chi connectivity index (χ1n) is 9.45. The minimum atomic E-state index is 0.310. The zero-order valence-corrected chi connectivity index (χ0v) is 16.4. The monoisotopic (exact) mass is 358 g/mol. The smallest absolute Gasteiger partial charge is 0.204 e. The van der Waals surface area contributed by atoms with Crippen LogP contribution in [0.1, 0.15) is 30.0 Å². The fourth-order valence-electron chi connectivity index (χ4n) is 4.78. The molecule has 0 N–H and O–H groups in total. The van der Waals surface area contributed by atoms with Gasteiger partial charge in [-0.2, -0.15) is 5.10 Å². The number of hydrogen-bond acceptors (Lipinski definition) is 5. The lowest BCUT2D eigenvalue weighted by Gasteiger charge is -2.38. The van der Waals surface area contributed by atoms with Crippen molar-refractivity contribution in [2.45, 2.75) is 25.3 Å². The Morgan fingerprint density at radius 3 is 2.62 bits per heavy atom. The quantitative estimate of drug-likeness (QED) is 0.831. The van der Waals surface area contributed by atoms with Gasteiger partial charge in [-0.1, -0.05) is 0 Å². The van der Waals surface area contributed by atoms with E-state index >= 15 is 0 Å². The lowest BCUT2D eigenvalue weighted by Crippen LogP contribution is -2.36. The minimum Gasteiger partial charge on any atom is -0.381 e. The van der Waals surface area contributed by atoms with E-state index in [0.29, 0.717) is 11.3 Å². The van der Waals surface area contributed by atoms with Gasteiger partial charge in [0.05, 0.1) is 18.1 Å². The second-order valence-electron chi connectivity index (χ2n) is 8.15. The van der Waals surface area contributed by atoms with E-state index in [4.69, 9.17) is 4.74 Å². The van der Waals surface area contributed by atoms with Crippen LogP contribution < -0.4 is 4.90 Å². The van der Waals surface area contributed by atoms with Crippen molar-refractivity contribution in [3.8, 4) is 0 Å². The van der Waals surface area contributed by atoms with E-state index in [1.165, 1.54) is 11.3 Å². The molecule has 7 heteroatoms. The van der Waals surface area contributed by atoms with Crippen LogP contribution in [0.3, 0.4) is 0 Å². The van der Waals surface area contributed by atoms with Crippen molar-refractivity contribution < 1.29 is 4.74 Å². The molecule has 0 bridgehead atoms. The van der Waals surface area contributed by atoms with Crippen molar-refractivity contribution in [2.75, 3.05) is 45.3 Å². The first-order valence-corrected chi connectivity index (χ1v) is 9.45. The molecule has 2 fully saturated rings. The van der Waals surface area contributed by atoms with Crippen LogP contribution in [0.4, 0.5) is 5.95 Å². The molecule has 142 valence electrons. The fraction of sp³-hybridized carbons (Fsp3) is 0.684. The summed E-state index contributed by atoms with van der Waals surface area (Å²) in [4.78, 5) is 9.23. The maximum absolute atomic E-state index is 5.69. The predicted molar refractivity (Wildman–Crippen MR) is 101 cm³/mol. The Kier molecular flexibility index (Phi) is 4.52. The van der Waals surface area contributed by atoms with Crippen LogP contribution in [-0.4, -0.2) is 64.6 Å². The Bertz CT molecular complexity index is 758. The molecule has 2 saturated heterocycles. The Balaban J connectivity index is 1.57. The van der Waals surface area contributed by atoms with Gasteiger partial charge in [-0.25, -0.2) is 4.98 Å². The number of nitrogens with zero attached hydrogens (tertiary/aromatic N) is 6. The molecule has 4 rings (SSSR count). The fourth-order valence-corrected chi connectivity index (χ4v) is 4.78. The molecule has 4 heterocycles. The van der Waals surface area contributed by atoms with Gasteiger partial charge in [0.15, 0.2) is 0 Å². The van der Waals surface area contributed by atoms with Gasteiger partial charge in [-0.05, 0) is 23.8 Å². The summed E-state index contributed by atoms with van der Waals surface area (Å²) >= 11 is 0. The molecule has 0 saturated carbocycles. The minimum absolute atomic E-state index is 0.310. The van der Waals surface area contributed by atoms with Gasteiger partial charge in [0.2, 0.25) is 5.95 Å². The Morgan fingerprint density at radius 1 is 1.23 bits per heavy atom. The third-order valence-electron chi connectivity index (χ3n) is 6.18. The van der Waals surface area contributed by atoms with Crippen molar-refractivity contribution in [3.63, 3.8) is 0 Å². The van der Waals surface area contributed by atoms with Gasteiger partial charge in [0, 0.05) is 73.2 Å². The number of rotatable bonds is 4. The molecule has 2 aromatic heterocycles. The van der Waals surface area contributed by atoms with Crippen molar-refractivity contribution in [2.24, 2.45) is 19.5 Å². The molecule has 26 heavy (non-hydrogen) atoms. The number of ether oxygens (including phenoxy) is 1. The highest BCUT2D eigenvalue weighted by atomic mass is 16.5. The van der Waals surface area contributed by atoms with Crippen molar-refractivity contribution in [1.29, 1.82) is 0 Å². The number of anilines is 1. The molecule has 7 nitrogen and oxygen atoms in total. The van der Waals surface area contributed by atoms with Crippen LogP contribution in [0.15, 0.2) is 18.6 Å². The van der Waals surface area contributed by atoms with Gasteiger partial charge in [0.25, 0.3) is 0 Å². The molecular weight excluding hydrogens is 328 g/mol. The van der Waals surface area contributed by atoms with E-state index in [1.807, 2.05) is 32.0 Å². The zero-order chi connectivity index (χ0) is 18.3. The maximum atomic E-state index is 5.69. The summed E-state index contributed by atoms with van der Waals surface area (Å²) in [7, 11) is 8.19. The van der Waals surface area contributed by atoms with Crippen molar-refractivity contribution in [3.05, 3.63) is 29.8 Å². The third kappa shape index (κ3) is 3.03. The highest BCUT2D eigenvalue weighted by molar-refractivity contribution is 5.31. The summed E-state index contributed by atoms with van der Waals surface area (Å²) in [5, 5.41) is 4.43. The molecule has 1 atom stereocenters. The molecular formula is C19H30N6O. The molecule has 0 radical (unpaired) electrons. The largest absolute Gasteiger partial charge is 0.381 e. The highest BCUT2D eigenvalue weighted by Gasteiger charge is 2.48.